The summed E-state index contributed by atoms with van der Waals surface area (Å²) >= 11 is 6.11. The van der Waals surface area contributed by atoms with Gasteiger partial charge >= 0.3 is 6.18 Å². The topological polar surface area (TPSA) is 115 Å². The van der Waals surface area contributed by atoms with Crippen LogP contribution in [0.4, 0.5) is 18.9 Å². The second-order valence-electron chi connectivity index (χ2n) is 7.55. The number of alkyl halides is 3. The van der Waals surface area contributed by atoms with Gasteiger partial charge in [-0.3, -0.25) is 9.59 Å². The summed E-state index contributed by atoms with van der Waals surface area (Å²) in [5.74, 6) is -1.71. The van der Waals surface area contributed by atoms with E-state index in [1.165, 1.54) is 36.2 Å². The van der Waals surface area contributed by atoms with Gasteiger partial charge in [0.25, 0.3) is 11.8 Å². The smallest absolute Gasteiger partial charge is 0.383 e. The molecule has 4 rings (SSSR count). The van der Waals surface area contributed by atoms with E-state index in [0.717, 1.165) is 0 Å². The highest BCUT2D eigenvalue weighted by Crippen LogP contribution is 2.31. The number of aromatic nitrogens is 5. The van der Waals surface area contributed by atoms with Crippen LogP contribution in [0.15, 0.2) is 42.7 Å². The number of amides is 2. The van der Waals surface area contributed by atoms with Crippen molar-refractivity contribution in [2.75, 3.05) is 25.6 Å². The first-order valence-corrected chi connectivity index (χ1v) is 10.8. The van der Waals surface area contributed by atoms with Crippen LogP contribution in [0.25, 0.3) is 11.3 Å². The predicted molar refractivity (Wildman–Crippen MR) is 123 cm³/mol. The maximum atomic E-state index is 13.5. The van der Waals surface area contributed by atoms with Crippen molar-refractivity contribution < 1.29 is 27.5 Å². The third-order valence-electron chi connectivity index (χ3n) is 5.10. The van der Waals surface area contributed by atoms with E-state index in [2.05, 4.69) is 25.8 Å². The molecule has 0 atom stereocenters. The summed E-state index contributed by atoms with van der Waals surface area (Å²) in [5.41, 5.74) is -0.713. The van der Waals surface area contributed by atoms with Gasteiger partial charge in [0.1, 0.15) is 5.69 Å². The largest absolute Gasteiger partial charge is 0.435 e. The molecule has 0 bridgehead atoms. The van der Waals surface area contributed by atoms with Gasteiger partial charge in [-0.05, 0) is 36.8 Å². The molecule has 0 spiro atoms. The van der Waals surface area contributed by atoms with Crippen LogP contribution >= 0.6 is 11.6 Å². The number of hydrogen-bond acceptors (Lipinski definition) is 6. The van der Waals surface area contributed by atoms with Crippen LogP contribution in [0.5, 0.6) is 0 Å². The summed E-state index contributed by atoms with van der Waals surface area (Å²) < 4.78 is 47.4. The third-order valence-corrected chi connectivity index (χ3v) is 5.39. The molecule has 0 aliphatic rings. The van der Waals surface area contributed by atoms with Crippen LogP contribution in [-0.2, 0) is 10.9 Å². The Morgan fingerprint density at radius 1 is 1.17 bits per heavy atom. The average molecular weight is 522 g/mol. The molecule has 0 unspecified atom stereocenters. The molecule has 0 fully saturated rings. The average Bonchev–Trinajstić information content (AvgIpc) is 3.47. The number of carbonyl (C=O) groups is 2. The van der Waals surface area contributed by atoms with Crippen LogP contribution in [0.1, 0.15) is 32.2 Å². The minimum Gasteiger partial charge on any atom is -0.383 e. The highest BCUT2D eigenvalue weighted by atomic mass is 35.5. The summed E-state index contributed by atoms with van der Waals surface area (Å²) in [7, 11) is 1.47. The number of hydrogen-bond donors (Lipinski definition) is 2. The Labute approximate surface area is 207 Å². The molecule has 0 saturated carbocycles. The van der Waals surface area contributed by atoms with Crippen LogP contribution in [-0.4, -0.2) is 56.5 Å². The molecule has 10 nitrogen and oxygen atoms in total. The number of nitrogens with one attached hydrogen (secondary N) is 2. The lowest BCUT2D eigenvalue weighted by Crippen LogP contribution is -2.31. The number of aryl methyl sites for hydroxylation is 1. The van der Waals surface area contributed by atoms with Gasteiger partial charge in [0, 0.05) is 25.9 Å². The summed E-state index contributed by atoms with van der Waals surface area (Å²) in [6, 6.07) is 6.80. The van der Waals surface area contributed by atoms with E-state index in [0.29, 0.717) is 21.8 Å². The number of rotatable bonds is 7. The lowest BCUT2D eigenvalue weighted by atomic mass is 10.1. The standard InChI is InChI=1S/C22H19ClF3N7O3/c1-12-10-13-5-7-29-32(13)18(21(35)28-8-9-36-2)17(12)30-20(34)15-11-16(22(24,25)26)31-33(15)19-14(23)4-3-6-27-19/h3-7,10-11H,8-9H2,1-2H3,(H,28,35)(H,30,34). The van der Waals surface area contributed by atoms with Gasteiger partial charge in [0.05, 0.1) is 29.0 Å². The van der Waals surface area contributed by atoms with Crippen LogP contribution in [0.3, 0.4) is 0 Å². The Balaban J connectivity index is 1.80. The molecule has 0 aromatic carbocycles. The number of pyridine rings is 2. The number of anilines is 1. The zero-order chi connectivity index (χ0) is 26.0. The quantitative estimate of drug-likeness (QED) is 0.360. The monoisotopic (exact) mass is 521 g/mol. The summed E-state index contributed by atoms with van der Waals surface area (Å²) in [5, 5.41) is 12.9. The van der Waals surface area contributed by atoms with Gasteiger partial charge in [-0.1, -0.05) is 11.6 Å². The Kier molecular flexibility index (Phi) is 6.95. The van der Waals surface area contributed by atoms with Crippen molar-refractivity contribution in [3.63, 3.8) is 0 Å². The molecule has 2 N–H and O–H groups in total. The summed E-state index contributed by atoms with van der Waals surface area (Å²) in [6.45, 7) is 2.06. The van der Waals surface area contributed by atoms with E-state index in [9.17, 15) is 22.8 Å². The highest BCUT2D eigenvalue weighted by molar-refractivity contribution is 6.32. The molecular formula is C22H19ClF3N7O3. The third kappa shape index (κ3) is 4.88. The summed E-state index contributed by atoms with van der Waals surface area (Å²) in [4.78, 5) is 30.3. The first-order chi connectivity index (χ1) is 17.1. The molecule has 0 aliphatic heterocycles. The fourth-order valence-corrected chi connectivity index (χ4v) is 3.67. The lowest BCUT2D eigenvalue weighted by Gasteiger charge is -2.16. The molecule has 0 saturated heterocycles. The first-order valence-electron chi connectivity index (χ1n) is 10.5. The molecule has 2 amide bonds. The second kappa shape index (κ2) is 9.95. The number of nitrogens with zero attached hydrogens (tertiary/aromatic N) is 5. The van der Waals surface area contributed by atoms with E-state index in [-0.39, 0.29) is 35.4 Å². The predicted octanol–water partition coefficient (Wildman–Crippen LogP) is 3.52. The van der Waals surface area contributed by atoms with Crippen molar-refractivity contribution >= 4 is 34.6 Å². The zero-order valence-electron chi connectivity index (χ0n) is 18.9. The van der Waals surface area contributed by atoms with Crippen molar-refractivity contribution in [3.8, 4) is 5.82 Å². The number of halogens is 4. The van der Waals surface area contributed by atoms with Gasteiger partial charge < -0.3 is 15.4 Å². The minimum absolute atomic E-state index is 0.0163. The van der Waals surface area contributed by atoms with Crippen LogP contribution < -0.4 is 10.6 Å². The van der Waals surface area contributed by atoms with Gasteiger partial charge in [-0.25, -0.2) is 14.2 Å². The molecule has 36 heavy (non-hydrogen) atoms. The van der Waals surface area contributed by atoms with Crippen molar-refractivity contribution in [2.24, 2.45) is 0 Å². The SMILES string of the molecule is COCCNC(=O)c1c(NC(=O)c2cc(C(F)(F)F)nn2-c2ncccc2Cl)c(C)cc2ccnn12. The van der Waals surface area contributed by atoms with Gasteiger partial charge in [0.2, 0.25) is 0 Å². The Morgan fingerprint density at radius 3 is 2.64 bits per heavy atom. The molecule has 0 aliphatic carbocycles. The minimum atomic E-state index is -4.84. The Morgan fingerprint density at radius 2 is 1.94 bits per heavy atom. The van der Waals surface area contributed by atoms with Crippen molar-refractivity contribution in [2.45, 2.75) is 13.1 Å². The summed E-state index contributed by atoms with van der Waals surface area (Å²) in [6.07, 6.45) is -2.06. The van der Waals surface area contributed by atoms with Crippen LogP contribution in [0, 0.1) is 6.92 Å². The maximum absolute atomic E-state index is 13.5. The van der Waals surface area contributed by atoms with Gasteiger partial charge in [-0.15, -0.1) is 0 Å². The molecule has 0 radical (unpaired) electrons. The highest BCUT2D eigenvalue weighted by Gasteiger charge is 2.37. The lowest BCUT2D eigenvalue weighted by molar-refractivity contribution is -0.141. The molecule has 4 aromatic heterocycles. The second-order valence-corrected chi connectivity index (χ2v) is 7.96. The van der Waals surface area contributed by atoms with E-state index < -0.39 is 29.4 Å². The van der Waals surface area contributed by atoms with Crippen molar-refractivity contribution in [1.82, 2.24) is 29.7 Å². The van der Waals surface area contributed by atoms with Gasteiger partial charge in [-0.2, -0.15) is 23.4 Å². The van der Waals surface area contributed by atoms with Crippen molar-refractivity contribution in [3.05, 3.63) is 70.4 Å². The first kappa shape index (κ1) is 25.1. The van der Waals surface area contributed by atoms with E-state index >= 15 is 0 Å². The Hall–Kier alpha value is -3.97. The fraction of sp³-hybridized carbons (Fsp3) is 0.227. The van der Waals surface area contributed by atoms with Crippen LogP contribution in [0.2, 0.25) is 5.02 Å². The Bertz CT molecular complexity index is 1450. The number of fused-ring (bicyclic) bond motifs is 1. The molecule has 14 heteroatoms. The fourth-order valence-electron chi connectivity index (χ4n) is 3.47. The zero-order valence-corrected chi connectivity index (χ0v) is 19.7. The van der Waals surface area contributed by atoms with Gasteiger partial charge in [0.15, 0.2) is 17.2 Å². The maximum Gasteiger partial charge on any atom is 0.435 e. The number of carbonyl (C=O) groups excluding carboxylic acids is 2. The molecule has 4 aromatic rings. The van der Waals surface area contributed by atoms with E-state index in [1.54, 1.807) is 19.1 Å². The normalized spacial score (nSPS) is 11.6. The number of ether oxygens (including phenoxy) is 1. The van der Waals surface area contributed by atoms with E-state index in [1.807, 2.05) is 0 Å². The number of methoxy groups -OCH3 is 1. The van der Waals surface area contributed by atoms with Crippen molar-refractivity contribution in [1.29, 1.82) is 0 Å². The molecular weight excluding hydrogens is 503 g/mol. The van der Waals surface area contributed by atoms with E-state index in [4.69, 9.17) is 16.3 Å². The molecule has 4 heterocycles. The molecule has 188 valence electrons.